The average molecular weight is 233 g/mol. The molecule has 92 valence electrons. The minimum Gasteiger partial charge on any atom is -0.496 e. The lowest BCUT2D eigenvalue weighted by molar-refractivity contribution is -0.117. The van der Waals surface area contributed by atoms with Gasteiger partial charge in [0.2, 0.25) is 5.91 Å². The Hall–Kier alpha value is -1.77. The van der Waals surface area contributed by atoms with Gasteiger partial charge in [0.25, 0.3) is 0 Å². The molecule has 1 aromatic carbocycles. The first-order valence-electron chi connectivity index (χ1n) is 5.79. The number of nitrogens with one attached hydrogen (secondary N) is 1. The van der Waals surface area contributed by atoms with Crippen LogP contribution in [0.25, 0.3) is 6.08 Å². The van der Waals surface area contributed by atoms with Gasteiger partial charge in [0.15, 0.2) is 0 Å². The van der Waals surface area contributed by atoms with Crippen LogP contribution in [0.4, 0.5) is 0 Å². The number of amides is 1. The molecule has 1 atom stereocenters. The monoisotopic (exact) mass is 233 g/mol. The molecule has 3 nitrogen and oxygen atoms in total. The maximum atomic E-state index is 11.5. The third-order valence-corrected chi connectivity index (χ3v) is 2.55. The zero-order valence-electron chi connectivity index (χ0n) is 10.6. The third kappa shape index (κ3) is 4.31. The molecule has 0 radical (unpaired) electrons. The Bertz CT molecular complexity index is 399. The summed E-state index contributed by atoms with van der Waals surface area (Å²) in [7, 11) is 1.62. The van der Waals surface area contributed by atoms with E-state index >= 15 is 0 Å². The molecule has 0 saturated carbocycles. The molecule has 0 saturated heterocycles. The minimum atomic E-state index is -0.0785. The molecule has 3 heteroatoms. The Balaban J connectivity index is 2.67. The predicted octanol–water partition coefficient (Wildman–Crippen LogP) is 2.62. The molecule has 1 aromatic rings. The maximum absolute atomic E-state index is 11.5. The lowest BCUT2D eigenvalue weighted by atomic mass is 10.2. The second-order valence-electron chi connectivity index (χ2n) is 3.89. The van der Waals surface area contributed by atoms with Crippen molar-refractivity contribution in [2.75, 3.05) is 7.11 Å². The number of hydrogen-bond acceptors (Lipinski definition) is 2. The number of ether oxygens (including phenoxy) is 1. The summed E-state index contributed by atoms with van der Waals surface area (Å²) in [5.41, 5.74) is 0.898. The summed E-state index contributed by atoms with van der Waals surface area (Å²) < 4.78 is 5.20. The summed E-state index contributed by atoms with van der Waals surface area (Å²) in [6, 6.07) is 7.78. The van der Waals surface area contributed by atoms with E-state index in [1.807, 2.05) is 38.1 Å². The highest BCUT2D eigenvalue weighted by Gasteiger charge is 2.02. The molecule has 0 aliphatic rings. The molecular weight excluding hydrogens is 214 g/mol. The van der Waals surface area contributed by atoms with Crippen LogP contribution in [0.2, 0.25) is 0 Å². The van der Waals surface area contributed by atoms with Gasteiger partial charge in [-0.25, -0.2) is 0 Å². The number of methoxy groups -OCH3 is 1. The minimum absolute atomic E-state index is 0.0785. The van der Waals surface area contributed by atoms with Gasteiger partial charge in [-0.3, -0.25) is 4.79 Å². The lowest BCUT2D eigenvalue weighted by Crippen LogP contribution is -2.30. The number of carbonyl (C=O) groups is 1. The van der Waals surface area contributed by atoms with E-state index in [9.17, 15) is 4.79 Å². The van der Waals surface area contributed by atoms with Crippen molar-refractivity contribution >= 4 is 12.0 Å². The van der Waals surface area contributed by atoms with Gasteiger partial charge in [-0.1, -0.05) is 25.1 Å². The molecule has 1 amide bonds. The van der Waals surface area contributed by atoms with Crippen LogP contribution in [0.3, 0.4) is 0 Å². The van der Waals surface area contributed by atoms with Gasteiger partial charge in [-0.15, -0.1) is 0 Å². The molecule has 0 aromatic heterocycles. The van der Waals surface area contributed by atoms with Crippen molar-refractivity contribution in [1.82, 2.24) is 5.32 Å². The highest BCUT2D eigenvalue weighted by atomic mass is 16.5. The van der Waals surface area contributed by atoms with Crippen molar-refractivity contribution in [3.8, 4) is 5.75 Å². The molecule has 0 aliphatic heterocycles. The highest BCUT2D eigenvalue weighted by Crippen LogP contribution is 2.18. The average Bonchev–Trinajstić information content (AvgIpc) is 2.36. The first-order valence-corrected chi connectivity index (χ1v) is 5.79. The smallest absolute Gasteiger partial charge is 0.244 e. The van der Waals surface area contributed by atoms with Crippen LogP contribution in [0.5, 0.6) is 5.75 Å². The van der Waals surface area contributed by atoms with Crippen molar-refractivity contribution < 1.29 is 9.53 Å². The van der Waals surface area contributed by atoms with E-state index in [1.54, 1.807) is 13.2 Å². The lowest BCUT2D eigenvalue weighted by Gasteiger charge is -2.08. The molecule has 0 aliphatic carbocycles. The van der Waals surface area contributed by atoms with E-state index in [1.165, 1.54) is 6.08 Å². The van der Waals surface area contributed by atoms with Gasteiger partial charge < -0.3 is 10.1 Å². The Morgan fingerprint density at radius 2 is 2.18 bits per heavy atom. The van der Waals surface area contributed by atoms with Crippen LogP contribution in [-0.2, 0) is 4.79 Å². The molecule has 1 N–H and O–H groups in total. The van der Waals surface area contributed by atoms with Gasteiger partial charge in [-0.05, 0) is 25.5 Å². The number of rotatable bonds is 5. The van der Waals surface area contributed by atoms with Crippen molar-refractivity contribution in [2.45, 2.75) is 26.3 Å². The van der Waals surface area contributed by atoms with Crippen LogP contribution >= 0.6 is 0 Å². The van der Waals surface area contributed by atoms with Gasteiger partial charge in [0.05, 0.1) is 7.11 Å². The summed E-state index contributed by atoms with van der Waals surface area (Å²) in [6.07, 6.45) is 4.22. The molecule has 1 rings (SSSR count). The van der Waals surface area contributed by atoms with E-state index in [-0.39, 0.29) is 11.9 Å². The van der Waals surface area contributed by atoms with Crippen molar-refractivity contribution in [1.29, 1.82) is 0 Å². The van der Waals surface area contributed by atoms with Crippen LogP contribution in [-0.4, -0.2) is 19.1 Å². The molecule has 1 unspecified atom stereocenters. The molecule has 17 heavy (non-hydrogen) atoms. The fourth-order valence-corrected chi connectivity index (χ4v) is 1.36. The molecular formula is C14H19NO2. The molecule has 0 heterocycles. The summed E-state index contributed by atoms with van der Waals surface area (Å²) >= 11 is 0. The number of hydrogen-bond donors (Lipinski definition) is 1. The zero-order valence-corrected chi connectivity index (χ0v) is 10.6. The number of para-hydroxylation sites is 1. The second kappa shape index (κ2) is 6.74. The van der Waals surface area contributed by atoms with Crippen molar-refractivity contribution in [3.63, 3.8) is 0 Å². The normalized spacial score (nSPS) is 12.4. The summed E-state index contributed by atoms with van der Waals surface area (Å²) in [6.45, 7) is 4.02. The quantitative estimate of drug-likeness (QED) is 0.794. The van der Waals surface area contributed by atoms with Crippen LogP contribution in [0, 0.1) is 0 Å². The molecule has 0 spiro atoms. The van der Waals surface area contributed by atoms with Crippen LogP contribution in [0.1, 0.15) is 25.8 Å². The van der Waals surface area contributed by atoms with E-state index in [0.717, 1.165) is 17.7 Å². The van der Waals surface area contributed by atoms with E-state index in [0.29, 0.717) is 0 Å². The fourth-order valence-electron chi connectivity index (χ4n) is 1.36. The Morgan fingerprint density at radius 3 is 2.82 bits per heavy atom. The molecule has 0 bridgehead atoms. The van der Waals surface area contributed by atoms with Crippen molar-refractivity contribution in [3.05, 3.63) is 35.9 Å². The summed E-state index contributed by atoms with van der Waals surface area (Å²) in [5, 5.41) is 2.87. The van der Waals surface area contributed by atoms with Gasteiger partial charge in [0, 0.05) is 17.7 Å². The largest absolute Gasteiger partial charge is 0.496 e. The number of carbonyl (C=O) groups excluding carboxylic acids is 1. The highest BCUT2D eigenvalue weighted by molar-refractivity contribution is 5.92. The van der Waals surface area contributed by atoms with E-state index in [4.69, 9.17) is 4.74 Å². The Labute approximate surface area is 102 Å². The van der Waals surface area contributed by atoms with Crippen LogP contribution in [0.15, 0.2) is 30.3 Å². The Morgan fingerprint density at radius 1 is 1.47 bits per heavy atom. The van der Waals surface area contributed by atoms with Gasteiger partial charge >= 0.3 is 0 Å². The standard InChI is InChI=1S/C14H19NO2/c1-4-11(2)15-14(16)10-9-12-7-5-6-8-13(12)17-3/h5-11H,4H2,1-3H3,(H,15,16). The van der Waals surface area contributed by atoms with Gasteiger partial charge in [0.1, 0.15) is 5.75 Å². The SMILES string of the molecule is CCC(C)NC(=O)C=Cc1ccccc1OC. The summed E-state index contributed by atoms with van der Waals surface area (Å²) in [5.74, 6) is 0.686. The van der Waals surface area contributed by atoms with Gasteiger partial charge in [-0.2, -0.15) is 0 Å². The van der Waals surface area contributed by atoms with E-state index < -0.39 is 0 Å². The Kier molecular flexibility index (Phi) is 5.27. The maximum Gasteiger partial charge on any atom is 0.244 e. The zero-order chi connectivity index (χ0) is 12.7. The topological polar surface area (TPSA) is 38.3 Å². The second-order valence-corrected chi connectivity index (χ2v) is 3.89. The van der Waals surface area contributed by atoms with Crippen molar-refractivity contribution in [2.24, 2.45) is 0 Å². The molecule has 0 fully saturated rings. The summed E-state index contributed by atoms with van der Waals surface area (Å²) in [4.78, 5) is 11.5. The predicted molar refractivity (Wildman–Crippen MR) is 69.9 cm³/mol. The third-order valence-electron chi connectivity index (χ3n) is 2.55. The fraction of sp³-hybridized carbons (Fsp3) is 0.357. The van der Waals surface area contributed by atoms with E-state index in [2.05, 4.69) is 5.32 Å². The first-order chi connectivity index (χ1) is 8.17. The van der Waals surface area contributed by atoms with Crippen LogP contribution < -0.4 is 10.1 Å². The first kappa shape index (κ1) is 13.3. The number of benzene rings is 1.